The second-order valence-electron chi connectivity index (χ2n) is 6.07. The van der Waals surface area contributed by atoms with Gasteiger partial charge in [0.05, 0.1) is 12.1 Å². The van der Waals surface area contributed by atoms with Crippen molar-refractivity contribution < 1.29 is 9.53 Å². The maximum absolute atomic E-state index is 12.8. The second kappa shape index (κ2) is 6.46. The molecule has 4 unspecified atom stereocenters. The number of nitrogens with one attached hydrogen (secondary N) is 1. The van der Waals surface area contributed by atoms with Crippen molar-refractivity contribution >= 4 is 17.2 Å². The first-order chi connectivity index (χ1) is 10.2. The zero-order chi connectivity index (χ0) is 14.8. The molecule has 1 aromatic heterocycles. The third-order valence-corrected chi connectivity index (χ3v) is 5.57. The van der Waals surface area contributed by atoms with Gasteiger partial charge < -0.3 is 9.64 Å². The zero-order valence-corrected chi connectivity index (χ0v) is 13.6. The number of amides is 1. The van der Waals surface area contributed by atoms with Gasteiger partial charge in [0.2, 0.25) is 5.91 Å². The van der Waals surface area contributed by atoms with E-state index in [-0.39, 0.29) is 24.2 Å². The van der Waals surface area contributed by atoms with E-state index in [0.29, 0.717) is 12.5 Å². The van der Waals surface area contributed by atoms with Crippen molar-refractivity contribution in [2.24, 2.45) is 5.92 Å². The molecule has 2 aliphatic heterocycles. The average Bonchev–Trinajstić information content (AvgIpc) is 3.21. The van der Waals surface area contributed by atoms with Crippen molar-refractivity contribution in [1.29, 1.82) is 0 Å². The predicted octanol–water partition coefficient (Wildman–Crippen LogP) is 2.77. The first-order valence-electron chi connectivity index (χ1n) is 7.92. The smallest absolute Gasteiger partial charge is 0.241 e. The summed E-state index contributed by atoms with van der Waals surface area (Å²) < 4.78 is 5.73. The molecule has 0 spiro atoms. The van der Waals surface area contributed by atoms with Gasteiger partial charge in [-0.1, -0.05) is 26.3 Å². The molecule has 116 valence electrons. The lowest BCUT2D eigenvalue weighted by Gasteiger charge is -2.26. The monoisotopic (exact) mass is 308 g/mol. The van der Waals surface area contributed by atoms with Crippen molar-refractivity contribution in [2.45, 2.75) is 51.4 Å². The molecule has 1 amide bonds. The summed E-state index contributed by atoms with van der Waals surface area (Å²) in [6.45, 7) is 5.83. The highest BCUT2D eigenvalue weighted by Crippen LogP contribution is 2.32. The van der Waals surface area contributed by atoms with Gasteiger partial charge in [0.1, 0.15) is 6.17 Å². The molecular weight excluding hydrogens is 284 g/mol. The number of rotatable bonds is 5. The Balaban J connectivity index is 1.79. The number of hydrogen-bond donors (Lipinski definition) is 1. The van der Waals surface area contributed by atoms with Gasteiger partial charge in [-0.15, -0.1) is 11.3 Å². The van der Waals surface area contributed by atoms with Crippen LogP contribution < -0.4 is 5.32 Å². The Morgan fingerprint density at radius 1 is 1.57 bits per heavy atom. The molecule has 3 rings (SSSR count). The van der Waals surface area contributed by atoms with Crippen LogP contribution in [-0.4, -0.2) is 36.1 Å². The standard InChI is InChI=1S/C16H24N2O2S/c1-3-11(2)14-16(19)18(10-12-6-4-8-20-12)15(17-14)13-7-5-9-21-13/h5,7,9,11-12,14-15,17H,3-4,6,8,10H2,1-2H3. The quantitative estimate of drug-likeness (QED) is 0.909. The molecule has 3 heterocycles. The van der Waals surface area contributed by atoms with Crippen LogP contribution in [0.4, 0.5) is 0 Å². The molecule has 1 aromatic rings. The maximum atomic E-state index is 12.8. The normalized spacial score (nSPS) is 31.0. The maximum Gasteiger partial charge on any atom is 0.241 e. The Morgan fingerprint density at radius 2 is 2.43 bits per heavy atom. The van der Waals surface area contributed by atoms with Gasteiger partial charge in [-0.25, -0.2) is 0 Å². The fourth-order valence-corrected chi connectivity index (χ4v) is 3.96. The summed E-state index contributed by atoms with van der Waals surface area (Å²) in [7, 11) is 0. The third-order valence-electron chi connectivity index (χ3n) is 4.65. The van der Waals surface area contributed by atoms with E-state index >= 15 is 0 Å². The van der Waals surface area contributed by atoms with E-state index in [9.17, 15) is 4.79 Å². The van der Waals surface area contributed by atoms with E-state index in [4.69, 9.17) is 4.74 Å². The highest BCUT2D eigenvalue weighted by Gasteiger charge is 2.43. The minimum atomic E-state index is -0.0662. The third kappa shape index (κ3) is 3.00. The van der Waals surface area contributed by atoms with Gasteiger partial charge in [0.15, 0.2) is 0 Å². The Kier molecular flexibility index (Phi) is 4.62. The Morgan fingerprint density at radius 3 is 3.05 bits per heavy atom. The fraction of sp³-hybridized carbons (Fsp3) is 0.688. The lowest BCUT2D eigenvalue weighted by molar-refractivity contribution is -0.132. The summed E-state index contributed by atoms with van der Waals surface area (Å²) in [5.74, 6) is 0.590. The first kappa shape index (κ1) is 15.0. The summed E-state index contributed by atoms with van der Waals surface area (Å²) in [4.78, 5) is 16.0. The molecule has 4 atom stereocenters. The van der Waals surface area contributed by atoms with Crippen LogP contribution in [0.3, 0.4) is 0 Å². The van der Waals surface area contributed by atoms with Crippen molar-refractivity contribution in [3.05, 3.63) is 22.4 Å². The summed E-state index contributed by atoms with van der Waals surface area (Å²) in [5.41, 5.74) is 0. The Bertz CT molecular complexity index is 471. The predicted molar refractivity (Wildman–Crippen MR) is 84.1 cm³/mol. The van der Waals surface area contributed by atoms with Gasteiger partial charge in [-0.3, -0.25) is 10.1 Å². The molecule has 2 aliphatic rings. The summed E-state index contributed by atoms with van der Waals surface area (Å²) in [6.07, 6.45) is 3.40. The molecule has 0 bridgehead atoms. The number of nitrogens with zero attached hydrogens (tertiary/aromatic N) is 1. The van der Waals surface area contributed by atoms with Crippen LogP contribution in [0.2, 0.25) is 0 Å². The molecular formula is C16H24N2O2S. The Labute approximate surface area is 130 Å². The van der Waals surface area contributed by atoms with Gasteiger partial charge in [-0.05, 0) is 30.2 Å². The highest BCUT2D eigenvalue weighted by molar-refractivity contribution is 7.10. The van der Waals surface area contributed by atoms with Gasteiger partial charge in [-0.2, -0.15) is 0 Å². The molecule has 1 N–H and O–H groups in total. The van der Waals surface area contributed by atoms with Crippen molar-refractivity contribution in [1.82, 2.24) is 10.2 Å². The number of ether oxygens (including phenoxy) is 1. The zero-order valence-electron chi connectivity index (χ0n) is 12.7. The largest absolute Gasteiger partial charge is 0.376 e. The summed E-state index contributed by atoms with van der Waals surface area (Å²) >= 11 is 1.71. The average molecular weight is 308 g/mol. The minimum absolute atomic E-state index is 0.0145. The minimum Gasteiger partial charge on any atom is -0.376 e. The van der Waals surface area contributed by atoms with E-state index in [0.717, 1.165) is 25.9 Å². The lowest BCUT2D eigenvalue weighted by atomic mass is 9.99. The van der Waals surface area contributed by atoms with Crippen LogP contribution in [0.1, 0.15) is 44.2 Å². The van der Waals surface area contributed by atoms with Crippen LogP contribution in [-0.2, 0) is 9.53 Å². The molecule has 0 radical (unpaired) electrons. The molecule has 5 heteroatoms. The summed E-state index contributed by atoms with van der Waals surface area (Å²) in [6, 6.07) is 4.09. The number of carbonyl (C=O) groups excluding carboxylic acids is 1. The molecule has 0 aliphatic carbocycles. The lowest BCUT2D eigenvalue weighted by Crippen LogP contribution is -2.38. The molecule has 2 fully saturated rings. The van der Waals surface area contributed by atoms with Crippen LogP contribution in [0, 0.1) is 5.92 Å². The molecule has 0 aromatic carbocycles. The topological polar surface area (TPSA) is 41.6 Å². The van der Waals surface area contributed by atoms with Gasteiger partial charge >= 0.3 is 0 Å². The van der Waals surface area contributed by atoms with E-state index in [1.54, 1.807) is 11.3 Å². The number of carbonyl (C=O) groups is 1. The van der Waals surface area contributed by atoms with E-state index in [1.165, 1.54) is 4.88 Å². The van der Waals surface area contributed by atoms with Crippen LogP contribution in [0.5, 0.6) is 0 Å². The molecule has 2 saturated heterocycles. The highest BCUT2D eigenvalue weighted by atomic mass is 32.1. The van der Waals surface area contributed by atoms with E-state index in [2.05, 4.69) is 30.6 Å². The Hall–Kier alpha value is -0.910. The van der Waals surface area contributed by atoms with Gasteiger partial charge in [0.25, 0.3) is 0 Å². The first-order valence-corrected chi connectivity index (χ1v) is 8.80. The van der Waals surface area contributed by atoms with Crippen molar-refractivity contribution in [3.63, 3.8) is 0 Å². The fourth-order valence-electron chi connectivity index (χ4n) is 3.17. The second-order valence-corrected chi connectivity index (χ2v) is 7.05. The summed E-state index contributed by atoms with van der Waals surface area (Å²) in [5, 5.41) is 5.62. The number of thiophene rings is 1. The van der Waals surface area contributed by atoms with Crippen molar-refractivity contribution in [3.8, 4) is 0 Å². The van der Waals surface area contributed by atoms with Crippen LogP contribution in [0.25, 0.3) is 0 Å². The van der Waals surface area contributed by atoms with E-state index in [1.807, 2.05) is 11.0 Å². The number of hydrogen-bond acceptors (Lipinski definition) is 4. The molecule has 0 saturated carbocycles. The van der Waals surface area contributed by atoms with Crippen molar-refractivity contribution in [2.75, 3.05) is 13.2 Å². The van der Waals surface area contributed by atoms with Crippen LogP contribution >= 0.6 is 11.3 Å². The van der Waals surface area contributed by atoms with E-state index < -0.39 is 0 Å². The van der Waals surface area contributed by atoms with Gasteiger partial charge in [0, 0.05) is 18.0 Å². The van der Waals surface area contributed by atoms with Crippen LogP contribution in [0.15, 0.2) is 17.5 Å². The SMILES string of the molecule is CCC(C)C1NC(c2cccs2)N(CC2CCCO2)C1=O. The molecule has 4 nitrogen and oxygen atoms in total. The molecule has 21 heavy (non-hydrogen) atoms.